The van der Waals surface area contributed by atoms with Gasteiger partial charge in [-0.25, -0.2) is 0 Å². The van der Waals surface area contributed by atoms with Crippen LogP contribution < -0.4 is 0 Å². The molecule has 0 N–H and O–H groups in total. The molecule has 1 fully saturated rings. The van der Waals surface area contributed by atoms with Crippen LogP contribution >= 0.6 is 11.6 Å². The second-order valence-corrected chi connectivity index (χ2v) is 7.67. The zero-order chi connectivity index (χ0) is 16.6. The van der Waals surface area contributed by atoms with E-state index in [2.05, 4.69) is 0 Å². The van der Waals surface area contributed by atoms with Crippen molar-refractivity contribution in [2.24, 2.45) is 0 Å². The lowest BCUT2D eigenvalue weighted by molar-refractivity contribution is -0.107. The van der Waals surface area contributed by atoms with E-state index in [4.69, 9.17) is 16.3 Å². The van der Waals surface area contributed by atoms with Gasteiger partial charge in [0.25, 0.3) is 0 Å². The number of halogens is 1. The standard InChI is InChI=1S/C20H37ClO2/c21-19(18-22)14-10-7-5-3-1-2-4-6-8-13-17-23-20-15-11-9-12-16-20/h18-20H,1-17H2. The van der Waals surface area contributed by atoms with E-state index in [0.29, 0.717) is 6.10 Å². The summed E-state index contributed by atoms with van der Waals surface area (Å²) >= 11 is 5.77. The van der Waals surface area contributed by atoms with Gasteiger partial charge in [-0.1, -0.05) is 77.0 Å². The van der Waals surface area contributed by atoms with E-state index in [9.17, 15) is 4.79 Å². The Hall–Kier alpha value is -0.0800. The van der Waals surface area contributed by atoms with Crippen LogP contribution in [0.2, 0.25) is 0 Å². The fourth-order valence-electron chi connectivity index (χ4n) is 3.41. The van der Waals surface area contributed by atoms with Crippen LogP contribution in [0.1, 0.15) is 103 Å². The first-order valence-corrected chi connectivity index (χ1v) is 10.5. The van der Waals surface area contributed by atoms with Crippen LogP contribution in [-0.2, 0) is 9.53 Å². The lowest BCUT2D eigenvalue weighted by Crippen LogP contribution is -2.17. The Balaban J connectivity index is 1.70. The minimum absolute atomic E-state index is 0.267. The maximum absolute atomic E-state index is 10.4. The third-order valence-electron chi connectivity index (χ3n) is 4.93. The molecule has 0 radical (unpaired) electrons. The molecule has 0 saturated heterocycles. The number of unbranched alkanes of at least 4 members (excludes halogenated alkanes) is 9. The van der Waals surface area contributed by atoms with Crippen molar-refractivity contribution >= 4 is 17.9 Å². The summed E-state index contributed by atoms with van der Waals surface area (Å²) < 4.78 is 5.96. The van der Waals surface area contributed by atoms with Gasteiger partial charge in [0.2, 0.25) is 0 Å². The van der Waals surface area contributed by atoms with Gasteiger partial charge < -0.3 is 9.53 Å². The van der Waals surface area contributed by atoms with Gasteiger partial charge >= 0.3 is 0 Å². The maximum atomic E-state index is 10.4. The summed E-state index contributed by atoms with van der Waals surface area (Å²) in [6.45, 7) is 0.979. The summed E-state index contributed by atoms with van der Waals surface area (Å²) in [6.07, 6.45) is 22.0. The average molecular weight is 345 g/mol. The van der Waals surface area contributed by atoms with E-state index in [1.807, 2.05) is 0 Å². The molecule has 1 aliphatic carbocycles. The second kappa shape index (κ2) is 15.4. The maximum Gasteiger partial charge on any atom is 0.137 e. The Bertz CT molecular complexity index is 264. The molecule has 0 bridgehead atoms. The zero-order valence-electron chi connectivity index (χ0n) is 14.9. The van der Waals surface area contributed by atoms with Crippen molar-refractivity contribution in [1.82, 2.24) is 0 Å². The fraction of sp³-hybridized carbons (Fsp3) is 0.950. The van der Waals surface area contributed by atoms with Crippen molar-refractivity contribution in [2.75, 3.05) is 6.61 Å². The predicted molar refractivity (Wildman–Crippen MR) is 99.3 cm³/mol. The predicted octanol–water partition coefficient (Wildman–Crippen LogP) is 6.43. The number of alkyl halides is 1. The van der Waals surface area contributed by atoms with Crippen LogP contribution in [-0.4, -0.2) is 24.4 Å². The van der Waals surface area contributed by atoms with E-state index in [1.54, 1.807) is 0 Å². The van der Waals surface area contributed by atoms with E-state index in [0.717, 1.165) is 25.7 Å². The van der Waals surface area contributed by atoms with E-state index >= 15 is 0 Å². The lowest BCUT2D eigenvalue weighted by atomic mass is 9.98. The Kier molecular flexibility index (Phi) is 14.1. The van der Waals surface area contributed by atoms with Gasteiger partial charge in [0.1, 0.15) is 6.29 Å². The molecular weight excluding hydrogens is 308 g/mol. The molecule has 3 heteroatoms. The highest BCUT2D eigenvalue weighted by Gasteiger charge is 2.12. The van der Waals surface area contributed by atoms with Crippen molar-refractivity contribution < 1.29 is 9.53 Å². The summed E-state index contributed by atoms with van der Waals surface area (Å²) in [5.41, 5.74) is 0. The summed E-state index contributed by atoms with van der Waals surface area (Å²) in [7, 11) is 0. The fourth-order valence-corrected chi connectivity index (χ4v) is 3.56. The number of rotatable bonds is 15. The summed E-state index contributed by atoms with van der Waals surface area (Å²) in [6, 6.07) is 0. The Morgan fingerprint density at radius 1 is 0.826 bits per heavy atom. The normalized spacial score (nSPS) is 17.3. The van der Waals surface area contributed by atoms with Crippen LogP contribution in [0.15, 0.2) is 0 Å². The third-order valence-corrected chi connectivity index (χ3v) is 5.25. The molecule has 1 aliphatic rings. The number of hydrogen-bond acceptors (Lipinski definition) is 2. The molecule has 0 aliphatic heterocycles. The molecule has 1 rings (SSSR count). The van der Waals surface area contributed by atoms with Crippen molar-refractivity contribution in [3.05, 3.63) is 0 Å². The van der Waals surface area contributed by atoms with Crippen LogP contribution in [0.3, 0.4) is 0 Å². The van der Waals surface area contributed by atoms with Crippen LogP contribution in [0, 0.1) is 0 Å². The highest BCUT2D eigenvalue weighted by Crippen LogP contribution is 2.20. The molecule has 1 unspecified atom stereocenters. The molecule has 136 valence electrons. The van der Waals surface area contributed by atoms with Gasteiger partial charge in [0.15, 0.2) is 0 Å². The van der Waals surface area contributed by atoms with E-state index < -0.39 is 0 Å². The molecule has 1 saturated carbocycles. The SMILES string of the molecule is O=CC(Cl)CCCCCCCCCCCCOC1CCCCC1. The van der Waals surface area contributed by atoms with Crippen LogP contribution in [0.5, 0.6) is 0 Å². The molecule has 1 atom stereocenters. The van der Waals surface area contributed by atoms with Crippen molar-refractivity contribution in [2.45, 2.75) is 114 Å². The Morgan fingerprint density at radius 3 is 1.91 bits per heavy atom. The molecular formula is C20H37ClO2. The van der Waals surface area contributed by atoms with Crippen molar-refractivity contribution in [3.63, 3.8) is 0 Å². The van der Waals surface area contributed by atoms with Gasteiger partial charge in [-0.3, -0.25) is 0 Å². The Morgan fingerprint density at radius 2 is 1.35 bits per heavy atom. The smallest absolute Gasteiger partial charge is 0.137 e. The molecule has 0 heterocycles. The molecule has 0 aromatic rings. The topological polar surface area (TPSA) is 26.3 Å². The van der Waals surface area contributed by atoms with Gasteiger partial charge in [0.05, 0.1) is 11.5 Å². The Labute approximate surface area is 148 Å². The number of hydrogen-bond donors (Lipinski definition) is 0. The van der Waals surface area contributed by atoms with Gasteiger partial charge in [-0.15, -0.1) is 11.6 Å². The molecule has 23 heavy (non-hydrogen) atoms. The summed E-state index contributed by atoms with van der Waals surface area (Å²) in [4.78, 5) is 10.4. The van der Waals surface area contributed by atoms with Gasteiger partial charge in [-0.2, -0.15) is 0 Å². The van der Waals surface area contributed by atoms with Gasteiger partial charge in [-0.05, 0) is 25.7 Å². The summed E-state index contributed by atoms with van der Waals surface area (Å²) in [5.74, 6) is 0. The van der Waals surface area contributed by atoms with Crippen LogP contribution in [0.4, 0.5) is 0 Å². The molecule has 0 amide bonds. The first kappa shape index (κ1) is 21.0. The number of carbonyl (C=O) groups is 1. The number of ether oxygens (including phenoxy) is 1. The quantitative estimate of drug-likeness (QED) is 0.194. The summed E-state index contributed by atoms with van der Waals surface area (Å²) in [5, 5.41) is -0.267. The van der Waals surface area contributed by atoms with Crippen molar-refractivity contribution in [1.29, 1.82) is 0 Å². The minimum Gasteiger partial charge on any atom is -0.378 e. The molecule has 2 nitrogen and oxygen atoms in total. The molecule has 0 aromatic carbocycles. The average Bonchev–Trinajstić information content (AvgIpc) is 2.59. The van der Waals surface area contributed by atoms with E-state index in [-0.39, 0.29) is 5.38 Å². The monoisotopic (exact) mass is 344 g/mol. The van der Waals surface area contributed by atoms with E-state index in [1.165, 1.54) is 89.9 Å². The van der Waals surface area contributed by atoms with Crippen molar-refractivity contribution in [3.8, 4) is 0 Å². The highest BCUT2D eigenvalue weighted by molar-refractivity contribution is 6.27. The number of carbonyl (C=O) groups excluding carboxylic acids is 1. The second-order valence-electron chi connectivity index (χ2n) is 7.11. The number of aldehydes is 1. The highest BCUT2D eigenvalue weighted by atomic mass is 35.5. The first-order valence-electron chi connectivity index (χ1n) is 10.0. The molecule has 0 aromatic heterocycles. The third kappa shape index (κ3) is 12.9. The lowest BCUT2D eigenvalue weighted by Gasteiger charge is -2.21. The zero-order valence-corrected chi connectivity index (χ0v) is 15.7. The molecule has 0 spiro atoms. The largest absolute Gasteiger partial charge is 0.378 e. The minimum atomic E-state index is -0.267. The van der Waals surface area contributed by atoms with Gasteiger partial charge in [0, 0.05) is 6.61 Å². The first-order chi connectivity index (χ1) is 11.3. The van der Waals surface area contributed by atoms with Crippen LogP contribution in [0.25, 0.3) is 0 Å².